The second-order valence-electron chi connectivity index (χ2n) is 6.47. The number of hydrogen-bond acceptors (Lipinski definition) is 3. The molecule has 0 aliphatic heterocycles. The second kappa shape index (κ2) is 7.36. The predicted octanol–water partition coefficient (Wildman–Crippen LogP) is 3.65. The van der Waals surface area contributed by atoms with Gasteiger partial charge in [-0.25, -0.2) is 4.98 Å². The minimum atomic E-state index is -0.263. The van der Waals surface area contributed by atoms with Gasteiger partial charge in [0.1, 0.15) is 12.4 Å². The van der Waals surface area contributed by atoms with E-state index in [1.165, 1.54) is 7.11 Å². The van der Waals surface area contributed by atoms with Crippen molar-refractivity contribution in [1.29, 1.82) is 0 Å². The molecular weight excluding hydrogens is 361 g/mol. The lowest BCUT2D eigenvalue weighted by Crippen LogP contribution is -2.50. The fraction of sp³-hybridized carbons (Fsp3) is 0.444. The number of halogens is 2. The standard InChI is InChI=1S/C18H21Cl2N3O2/c1-23-9-8-21-17(23)16(22-15(24)11-25-2)18(6-3-7-18)12-4-5-13(19)14(20)10-12/h4-5,8-10,16H,3,6-7,11H2,1-2H3,(H,22,24). The summed E-state index contributed by atoms with van der Waals surface area (Å²) in [5, 5.41) is 4.16. The summed E-state index contributed by atoms with van der Waals surface area (Å²) in [6.07, 6.45) is 6.59. The largest absolute Gasteiger partial charge is 0.375 e. The third-order valence-electron chi connectivity index (χ3n) is 4.99. The zero-order valence-electron chi connectivity index (χ0n) is 14.3. The van der Waals surface area contributed by atoms with Gasteiger partial charge in [-0.2, -0.15) is 0 Å². The van der Waals surface area contributed by atoms with Crippen molar-refractivity contribution in [1.82, 2.24) is 14.9 Å². The minimum absolute atomic E-state index is 0.0123. The zero-order chi connectivity index (χ0) is 18.0. The molecule has 1 fully saturated rings. The van der Waals surface area contributed by atoms with Crippen LogP contribution in [0, 0.1) is 0 Å². The Hall–Kier alpha value is -1.56. The van der Waals surface area contributed by atoms with Crippen LogP contribution in [0.3, 0.4) is 0 Å². The molecule has 3 rings (SSSR count). The highest BCUT2D eigenvalue weighted by Gasteiger charge is 2.48. The number of benzene rings is 1. The molecule has 1 atom stereocenters. The van der Waals surface area contributed by atoms with Gasteiger partial charge < -0.3 is 14.6 Å². The number of rotatable bonds is 6. The van der Waals surface area contributed by atoms with Crippen LogP contribution in [0.2, 0.25) is 10.0 Å². The molecule has 1 aliphatic rings. The first-order valence-electron chi connectivity index (χ1n) is 8.19. The third kappa shape index (κ3) is 3.41. The van der Waals surface area contributed by atoms with E-state index in [2.05, 4.69) is 10.3 Å². The van der Waals surface area contributed by atoms with E-state index in [1.807, 2.05) is 36.0 Å². The summed E-state index contributed by atoms with van der Waals surface area (Å²) < 4.78 is 6.92. The van der Waals surface area contributed by atoms with Crippen LogP contribution in [0.5, 0.6) is 0 Å². The van der Waals surface area contributed by atoms with E-state index in [9.17, 15) is 4.79 Å². The molecule has 0 radical (unpaired) electrons. The van der Waals surface area contributed by atoms with Gasteiger partial charge in [0.05, 0.1) is 16.1 Å². The van der Waals surface area contributed by atoms with Crippen LogP contribution in [0.15, 0.2) is 30.6 Å². The molecule has 1 aromatic carbocycles. The van der Waals surface area contributed by atoms with Crippen molar-refractivity contribution in [2.75, 3.05) is 13.7 Å². The van der Waals surface area contributed by atoms with E-state index in [0.717, 1.165) is 30.7 Å². The predicted molar refractivity (Wildman–Crippen MR) is 98.0 cm³/mol. The Labute approximate surface area is 157 Å². The minimum Gasteiger partial charge on any atom is -0.375 e. The average molecular weight is 382 g/mol. The quantitative estimate of drug-likeness (QED) is 0.830. The molecular formula is C18H21Cl2N3O2. The molecule has 0 saturated heterocycles. The number of imidazole rings is 1. The smallest absolute Gasteiger partial charge is 0.246 e. The number of hydrogen-bond donors (Lipinski definition) is 1. The Morgan fingerprint density at radius 3 is 2.68 bits per heavy atom. The Balaban J connectivity index is 2.04. The van der Waals surface area contributed by atoms with Crippen molar-refractivity contribution >= 4 is 29.1 Å². The highest BCUT2D eigenvalue weighted by Crippen LogP contribution is 2.52. The number of ether oxygens (including phenoxy) is 1. The number of carbonyl (C=O) groups is 1. The number of aromatic nitrogens is 2. The maximum Gasteiger partial charge on any atom is 0.246 e. The number of carbonyl (C=O) groups excluding carboxylic acids is 1. The Kier molecular flexibility index (Phi) is 5.37. The maximum absolute atomic E-state index is 12.3. The molecule has 0 spiro atoms. The molecule has 134 valence electrons. The van der Waals surface area contributed by atoms with E-state index in [1.54, 1.807) is 6.20 Å². The van der Waals surface area contributed by atoms with Crippen LogP contribution in [-0.2, 0) is 22.0 Å². The lowest BCUT2D eigenvalue weighted by atomic mass is 9.59. The molecule has 1 aliphatic carbocycles. The first-order chi connectivity index (χ1) is 12.0. The molecule has 1 saturated carbocycles. The Bertz CT molecular complexity index is 771. The summed E-state index contributed by atoms with van der Waals surface area (Å²) in [4.78, 5) is 16.8. The highest BCUT2D eigenvalue weighted by molar-refractivity contribution is 6.42. The number of nitrogens with one attached hydrogen (secondary N) is 1. The van der Waals surface area contributed by atoms with E-state index < -0.39 is 0 Å². The topological polar surface area (TPSA) is 56.1 Å². The van der Waals surface area contributed by atoms with Crippen LogP contribution in [0.1, 0.15) is 36.7 Å². The van der Waals surface area contributed by atoms with Gasteiger partial charge in [0.2, 0.25) is 5.91 Å². The van der Waals surface area contributed by atoms with Gasteiger partial charge in [0, 0.05) is 32.0 Å². The van der Waals surface area contributed by atoms with Gasteiger partial charge in [0.15, 0.2) is 0 Å². The van der Waals surface area contributed by atoms with Crippen LogP contribution < -0.4 is 5.32 Å². The van der Waals surface area contributed by atoms with E-state index >= 15 is 0 Å². The summed E-state index contributed by atoms with van der Waals surface area (Å²) in [5.74, 6) is 0.650. The summed E-state index contributed by atoms with van der Waals surface area (Å²) in [7, 11) is 3.44. The lowest BCUT2D eigenvalue weighted by molar-refractivity contribution is -0.126. The number of amides is 1. The van der Waals surface area contributed by atoms with Crippen LogP contribution >= 0.6 is 23.2 Å². The zero-order valence-corrected chi connectivity index (χ0v) is 15.8. The van der Waals surface area contributed by atoms with Crippen molar-refractivity contribution in [2.45, 2.75) is 30.7 Å². The molecule has 25 heavy (non-hydrogen) atoms. The molecule has 2 aromatic rings. The summed E-state index contributed by atoms with van der Waals surface area (Å²) in [6.45, 7) is 0.0123. The Morgan fingerprint density at radius 2 is 2.16 bits per heavy atom. The van der Waals surface area contributed by atoms with E-state index in [-0.39, 0.29) is 24.0 Å². The fourth-order valence-corrected chi connectivity index (χ4v) is 3.84. The molecule has 7 heteroatoms. The molecule has 5 nitrogen and oxygen atoms in total. The lowest BCUT2D eigenvalue weighted by Gasteiger charge is -2.48. The molecule has 0 bridgehead atoms. The van der Waals surface area contributed by atoms with Crippen molar-refractivity contribution in [3.8, 4) is 0 Å². The van der Waals surface area contributed by atoms with Crippen LogP contribution in [0.4, 0.5) is 0 Å². The fourth-order valence-electron chi connectivity index (χ4n) is 3.55. The van der Waals surface area contributed by atoms with Gasteiger partial charge in [0.25, 0.3) is 0 Å². The molecule has 1 unspecified atom stereocenters. The number of aryl methyl sites for hydroxylation is 1. The number of methoxy groups -OCH3 is 1. The average Bonchev–Trinajstić information content (AvgIpc) is 2.95. The van der Waals surface area contributed by atoms with Gasteiger partial charge >= 0.3 is 0 Å². The van der Waals surface area contributed by atoms with Crippen molar-refractivity contribution < 1.29 is 9.53 Å². The van der Waals surface area contributed by atoms with Gasteiger partial charge in [-0.15, -0.1) is 0 Å². The molecule has 1 N–H and O–H groups in total. The van der Waals surface area contributed by atoms with E-state index in [0.29, 0.717) is 10.0 Å². The van der Waals surface area contributed by atoms with Gasteiger partial charge in [-0.3, -0.25) is 4.79 Å². The molecule has 1 heterocycles. The maximum atomic E-state index is 12.3. The summed E-state index contributed by atoms with van der Waals surface area (Å²) in [6, 6.07) is 5.44. The monoisotopic (exact) mass is 381 g/mol. The van der Waals surface area contributed by atoms with E-state index in [4.69, 9.17) is 27.9 Å². The number of nitrogens with zero attached hydrogens (tertiary/aromatic N) is 2. The van der Waals surface area contributed by atoms with Gasteiger partial charge in [-0.05, 0) is 30.5 Å². The summed E-state index contributed by atoms with van der Waals surface area (Å²) >= 11 is 12.3. The Morgan fingerprint density at radius 1 is 1.40 bits per heavy atom. The van der Waals surface area contributed by atoms with Crippen molar-refractivity contribution in [2.24, 2.45) is 7.05 Å². The third-order valence-corrected chi connectivity index (χ3v) is 5.73. The summed E-state index contributed by atoms with van der Waals surface area (Å²) in [5.41, 5.74) is 0.815. The van der Waals surface area contributed by atoms with Gasteiger partial charge in [-0.1, -0.05) is 35.7 Å². The molecule has 1 amide bonds. The normalized spacial score (nSPS) is 17.0. The first-order valence-corrected chi connectivity index (χ1v) is 8.94. The van der Waals surface area contributed by atoms with Crippen LogP contribution in [0.25, 0.3) is 0 Å². The van der Waals surface area contributed by atoms with Crippen molar-refractivity contribution in [3.63, 3.8) is 0 Å². The second-order valence-corrected chi connectivity index (χ2v) is 7.28. The molecule has 1 aromatic heterocycles. The van der Waals surface area contributed by atoms with Crippen LogP contribution in [-0.4, -0.2) is 29.2 Å². The highest BCUT2D eigenvalue weighted by atomic mass is 35.5. The SMILES string of the molecule is COCC(=O)NC(c1nccn1C)C1(c2ccc(Cl)c(Cl)c2)CCC1. The first kappa shape index (κ1) is 18.2. The van der Waals surface area contributed by atoms with Crippen molar-refractivity contribution in [3.05, 3.63) is 52.0 Å².